The molecule has 0 saturated carbocycles. The number of nitrogens with zero attached hydrogens (tertiary/aromatic N) is 2. The molecule has 2 rings (SSSR count). The second kappa shape index (κ2) is 7.36. The van der Waals surface area contributed by atoms with Crippen LogP contribution in [0.5, 0.6) is 0 Å². The monoisotopic (exact) mass is 359 g/mol. The normalized spacial score (nSPS) is 21.1. The van der Waals surface area contributed by atoms with Gasteiger partial charge in [0.05, 0.1) is 6.04 Å². The summed E-state index contributed by atoms with van der Waals surface area (Å²) in [4.78, 5) is 7.89. The summed E-state index contributed by atoms with van der Waals surface area (Å²) in [6.45, 7) is 12.0. The average Bonchev–Trinajstić information content (AvgIpc) is 2.79. The molecule has 2 N–H and O–H groups in total. The molecule has 1 aromatic heterocycles. The number of rotatable bonds is 5. The molecule has 0 amide bonds. The molecule has 5 heteroatoms. The van der Waals surface area contributed by atoms with Gasteiger partial charge in [0.1, 0.15) is 0 Å². The molecule has 114 valence electrons. The molecule has 0 bridgehead atoms. The van der Waals surface area contributed by atoms with Crippen molar-refractivity contribution in [3.8, 4) is 0 Å². The highest BCUT2D eigenvalue weighted by Gasteiger charge is 2.26. The van der Waals surface area contributed by atoms with Crippen molar-refractivity contribution in [2.75, 3.05) is 32.7 Å². The zero-order chi connectivity index (χ0) is 14.7. The van der Waals surface area contributed by atoms with Crippen LogP contribution in [-0.2, 0) is 0 Å². The minimum absolute atomic E-state index is 0.379. The van der Waals surface area contributed by atoms with Crippen molar-refractivity contribution in [3.05, 3.63) is 20.3 Å². The Kier molecular flexibility index (Phi) is 6.05. The van der Waals surface area contributed by atoms with Gasteiger partial charge in [-0.25, -0.2) is 0 Å². The third-order valence-electron chi connectivity index (χ3n) is 4.43. The first-order chi connectivity index (χ1) is 9.56. The largest absolute Gasteiger partial charge is 0.329 e. The van der Waals surface area contributed by atoms with Gasteiger partial charge in [0, 0.05) is 53.0 Å². The quantitative estimate of drug-likeness (QED) is 0.875. The standard InChI is InChI=1S/C15H26BrN3S/c1-4-11(2)18-5-7-19(8-6-18)14(10-17)15-9-13(16)12(3)20-15/h9,11,14H,4-8,10,17H2,1-3H3. The van der Waals surface area contributed by atoms with Crippen molar-refractivity contribution >= 4 is 27.3 Å². The fraction of sp³-hybridized carbons (Fsp3) is 0.733. The molecule has 0 radical (unpaired) electrons. The van der Waals surface area contributed by atoms with Gasteiger partial charge >= 0.3 is 0 Å². The van der Waals surface area contributed by atoms with Crippen molar-refractivity contribution in [2.45, 2.75) is 39.3 Å². The van der Waals surface area contributed by atoms with Crippen LogP contribution >= 0.6 is 27.3 Å². The van der Waals surface area contributed by atoms with Crippen LogP contribution in [0.2, 0.25) is 0 Å². The molecular weight excluding hydrogens is 334 g/mol. The van der Waals surface area contributed by atoms with E-state index < -0.39 is 0 Å². The fourth-order valence-electron chi connectivity index (χ4n) is 2.84. The van der Waals surface area contributed by atoms with E-state index in [-0.39, 0.29) is 0 Å². The third-order valence-corrected chi connectivity index (χ3v) is 6.67. The summed E-state index contributed by atoms with van der Waals surface area (Å²) in [6, 6.07) is 3.33. The Labute approximate surface area is 135 Å². The van der Waals surface area contributed by atoms with Crippen LogP contribution in [0.4, 0.5) is 0 Å². The maximum absolute atomic E-state index is 6.05. The summed E-state index contributed by atoms with van der Waals surface area (Å²) < 4.78 is 1.22. The van der Waals surface area contributed by atoms with Crippen molar-refractivity contribution in [3.63, 3.8) is 0 Å². The molecule has 1 aliphatic rings. The number of piperazine rings is 1. The molecule has 2 unspecified atom stereocenters. The highest BCUT2D eigenvalue weighted by molar-refractivity contribution is 9.10. The Hall–Kier alpha value is 0.0600. The summed E-state index contributed by atoms with van der Waals surface area (Å²) in [5, 5.41) is 0. The van der Waals surface area contributed by atoms with Crippen molar-refractivity contribution in [1.29, 1.82) is 0 Å². The van der Waals surface area contributed by atoms with Crippen LogP contribution in [0, 0.1) is 6.92 Å². The Bertz CT molecular complexity index is 407. The maximum atomic E-state index is 6.05. The molecule has 1 fully saturated rings. The number of aryl methyl sites for hydroxylation is 1. The van der Waals surface area contributed by atoms with Crippen LogP contribution < -0.4 is 5.73 Å². The smallest absolute Gasteiger partial charge is 0.0565 e. The number of nitrogens with two attached hydrogens (primary N) is 1. The number of hydrogen-bond donors (Lipinski definition) is 1. The first kappa shape index (κ1) is 16.4. The van der Waals surface area contributed by atoms with Crippen LogP contribution in [-0.4, -0.2) is 48.6 Å². The lowest BCUT2D eigenvalue weighted by atomic mass is 10.1. The van der Waals surface area contributed by atoms with Crippen molar-refractivity contribution < 1.29 is 0 Å². The first-order valence-electron chi connectivity index (χ1n) is 7.50. The second-order valence-electron chi connectivity index (χ2n) is 5.63. The van der Waals surface area contributed by atoms with Gasteiger partial charge in [-0.1, -0.05) is 6.92 Å². The predicted octanol–water partition coefficient (Wildman–Crippen LogP) is 3.23. The molecule has 0 aromatic carbocycles. The summed E-state index contributed by atoms with van der Waals surface area (Å²) in [5.74, 6) is 0. The van der Waals surface area contributed by atoms with Crippen LogP contribution in [0.3, 0.4) is 0 Å². The fourth-order valence-corrected chi connectivity index (χ4v) is 4.55. The molecule has 20 heavy (non-hydrogen) atoms. The van der Waals surface area contributed by atoms with Gasteiger partial charge in [0.15, 0.2) is 0 Å². The summed E-state index contributed by atoms with van der Waals surface area (Å²) in [7, 11) is 0. The Morgan fingerprint density at radius 3 is 2.35 bits per heavy atom. The van der Waals surface area contributed by atoms with E-state index in [2.05, 4.69) is 52.6 Å². The van der Waals surface area contributed by atoms with E-state index in [1.807, 2.05) is 11.3 Å². The molecule has 1 aromatic rings. The zero-order valence-electron chi connectivity index (χ0n) is 12.7. The summed E-state index contributed by atoms with van der Waals surface area (Å²) in [6.07, 6.45) is 1.23. The van der Waals surface area contributed by atoms with E-state index in [1.165, 1.54) is 20.6 Å². The number of hydrogen-bond acceptors (Lipinski definition) is 4. The van der Waals surface area contributed by atoms with E-state index in [9.17, 15) is 0 Å². The zero-order valence-corrected chi connectivity index (χ0v) is 15.1. The summed E-state index contributed by atoms with van der Waals surface area (Å²) in [5.41, 5.74) is 6.05. The Balaban J connectivity index is 2.00. The molecule has 1 aliphatic heterocycles. The van der Waals surface area contributed by atoms with E-state index >= 15 is 0 Å². The topological polar surface area (TPSA) is 32.5 Å². The third kappa shape index (κ3) is 3.63. The highest BCUT2D eigenvalue weighted by atomic mass is 79.9. The molecule has 1 saturated heterocycles. The molecule has 3 nitrogen and oxygen atoms in total. The van der Waals surface area contributed by atoms with Crippen LogP contribution in [0.1, 0.15) is 36.1 Å². The molecule has 2 atom stereocenters. The van der Waals surface area contributed by atoms with Crippen molar-refractivity contribution in [1.82, 2.24) is 9.80 Å². The van der Waals surface area contributed by atoms with E-state index in [0.717, 1.165) is 26.2 Å². The van der Waals surface area contributed by atoms with Gasteiger partial charge in [-0.3, -0.25) is 9.80 Å². The second-order valence-corrected chi connectivity index (χ2v) is 7.78. The number of thiophene rings is 1. The van der Waals surface area contributed by atoms with Gasteiger partial charge in [-0.15, -0.1) is 11.3 Å². The van der Waals surface area contributed by atoms with E-state index in [4.69, 9.17) is 5.73 Å². The van der Waals surface area contributed by atoms with Gasteiger partial charge in [0.25, 0.3) is 0 Å². The van der Waals surface area contributed by atoms with Crippen LogP contribution in [0.25, 0.3) is 0 Å². The SMILES string of the molecule is CCC(C)N1CCN(C(CN)c2cc(Br)c(C)s2)CC1. The van der Waals surface area contributed by atoms with Crippen molar-refractivity contribution in [2.24, 2.45) is 5.73 Å². The minimum atomic E-state index is 0.379. The predicted molar refractivity (Wildman–Crippen MR) is 91.5 cm³/mol. The lowest BCUT2D eigenvalue weighted by Gasteiger charge is -2.40. The first-order valence-corrected chi connectivity index (χ1v) is 9.11. The molecule has 0 aliphatic carbocycles. The Morgan fingerprint density at radius 2 is 1.90 bits per heavy atom. The van der Waals surface area contributed by atoms with Gasteiger partial charge in [0.2, 0.25) is 0 Å². The minimum Gasteiger partial charge on any atom is -0.329 e. The van der Waals surface area contributed by atoms with E-state index in [0.29, 0.717) is 18.6 Å². The lowest BCUT2D eigenvalue weighted by molar-refractivity contribution is 0.0753. The van der Waals surface area contributed by atoms with Gasteiger partial charge < -0.3 is 5.73 Å². The molecule has 0 spiro atoms. The molecule has 2 heterocycles. The van der Waals surface area contributed by atoms with E-state index in [1.54, 1.807) is 0 Å². The lowest BCUT2D eigenvalue weighted by Crippen LogP contribution is -2.51. The van der Waals surface area contributed by atoms with Crippen LogP contribution in [0.15, 0.2) is 10.5 Å². The molecular formula is C15H26BrN3S. The summed E-state index contributed by atoms with van der Waals surface area (Å²) >= 11 is 5.49. The van der Waals surface area contributed by atoms with Gasteiger partial charge in [-0.2, -0.15) is 0 Å². The highest BCUT2D eigenvalue weighted by Crippen LogP contribution is 2.33. The average molecular weight is 360 g/mol. The number of halogens is 1. The maximum Gasteiger partial charge on any atom is 0.0565 e. The Morgan fingerprint density at radius 1 is 1.30 bits per heavy atom. The van der Waals surface area contributed by atoms with Gasteiger partial charge in [-0.05, 0) is 42.3 Å².